The fourth-order valence-electron chi connectivity index (χ4n) is 3.86. The van der Waals surface area contributed by atoms with E-state index in [4.69, 9.17) is 4.74 Å². The lowest BCUT2D eigenvalue weighted by atomic mass is 9.80. The van der Waals surface area contributed by atoms with E-state index in [1.165, 1.54) is 11.1 Å². The summed E-state index contributed by atoms with van der Waals surface area (Å²) in [5, 5.41) is 4.57. The summed E-state index contributed by atoms with van der Waals surface area (Å²) in [6.07, 6.45) is 3.94. The van der Waals surface area contributed by atoms with Gasteiger partial charge < -0.3 is 4.74 Å². The molecule has 4 aromatic rings. The quantitative estimate of drug-likeness (QED) is 0.279. The zero-order chi connectivity index (χ0) is 23.8. The zero-order valence-electron chi connectivity index (χ0n) is 20.2. The number of nitrogens with zero attached hydrogens (tertiary/aromatic N) is 2. The molecule has 0 saturated carbocycles. The van der Waals surface area contributed by atoms with Crippen LogP contribution in [0.25, 0.3) is 16.8 Å². The van der Waals surface area contributed by atoms with Crippen molar-refractivity contribution < 1.29 is 4.74 Å². The van der Waals surface area contributed by atoms with Crippen molar-refractivity contribution in [1.29, 1.82) is 0 Å². The Balaban J connectivity index is 1.68. The average Bonchev–Trinajstić information content (AvgIpc) is 3.23. The predicted molar refractivity (Wildman–Crippen MR) is 141 cm³/mol. The molecule has 0 aliphatic rings. The van der Waals surface area contributed by atoms with Crippen molar-refractivity contribution in [3.8, 4) is 28.3 Å². The van der Waals surface area contributed by atoms with Gasteiger partial charge in [0.15, 0.2) is 0 Å². The number of benzene rings is 3. The predicted octanol–water partition coefficient (Wildman–Crippen LogP) is 8.69. The molecule has 4 rings (SSSR count). The van der Waals surface area contributed by atoms with Gasteiger partial charge in [0, 0.05) is 27.9 Å². The first-order chi connectivity index (χ1) is 15.5. The summed E-state index contributed by atoms with van der Waals surface area (Å²) in [5.74, 6) is 1.65. The molecule has 0 fully saturated rings. The van der Waals surface area contributed by atoms with Gasteiger partial charge in [0.05, 0.1) is 11.9 Å². The Bertz CT molecular complexity index is 1260. The summed E-state index contributed by atoms with van der Waals surface area (Å²) in [6, 6.07) is 22.7. The Morgan fingerprint density at radius 2 is 1.45 bits per heavy atom. The van der Waals surface area contributed by atoms with Crippen molar-refractivity contribution in [1.82, 2.24) is 9.78 Å². The van der Waals surface area contributed by atoms with E-state index in [9.17, 15) is 0 Å². The summed E-state index contributed by atoms with van der Waals surface area (Å²) in [7, 11) is 0. The van der Waals surface area contributed by atoms with Crippen molar-refractivity contribution in [2.24, 2.45) is 0 Å². The van der Waals surface area contributed by atoms with Crippen LogP contribution in [0.5, 0.6) is 11.5 Å². The highest BCUT2D eigenvalue weighted by Crippen LogP contribution is 2.41. The molecule has 0 aliphatic carbocycles. The highest BCUT2D eigenvalue weighted by molar-refractivity contribution is 9.10. The molecule has 0 bridgehead atoms. The Labute approximate surface area is 205 Å². The SMILES string of the molecule is CC(C)(C)c1cc(C(C)(C)C)c(Oc2cccc(-n3cc(-c4ccccc4)cn3)c2)cc1Br. The molecule has 0 atom stereocenters. The largest absolute Gasteiger partial charge is 0.457 e. The summed E-state index contributed by atoms with van der Waals surface area (Å²) in [4.78, 5) is 0. The lowest BCUT2D eigenvalue weighted by Gasteiger charge is -2.28. The number of hydrogen-bond donors (Lipinski definition) is 0. The van der Waals surface area contributed by atoms with E-state index in [0.717, 1.165) is 32.8 Å². The minimum Gasteiger partial charge on any atom is -0.457 e. The average molecular weight is 503 g/mol. The summed E-state index contributed by atoms with van der Waals surface area (Å²) in [5.41, 5.74) is 5.63. The number of rotatable bonds is 4. The van der Waals surface area contributed by atoms with E-state index in [0.29, 0.717) is 0 Å². The third-order valence-electron chi connectivity index (χ3n) is 5.68. The summed E-state index contributed by atoms with van der Waals surface area (Å²) < 4.78 is 9.42. The molecule has 33 heavy (non-hydrogen) atoms. The molecule has 0 saturated heterocycles. The van der Waals surface area contributed by atoms with Gasteiger partial charge in [-0.2, -0.15) is 5.10 Å². The van der Waals surface area contributed by atoms with E-state index in [-0.39, 0.29) is 10.8 Å². The van der Waals surface area contributed by atoms with Gasteiger partial charge in [-0.3, -0.25) is 0 Å². The van der Waals surface area contributed by atoms with Gasteiger partial charge in [-0.25, -0.2) is 4.68 Å². The maximum atomic E-state index is 6.47. The van der Waals surface area contributed by atoms with Gasteiger partial charge in [-0.15, -0.1) is 0 Å². The zero-order valence-corrected chi connectivity index (χ0v) is 21.8. The third-order valence-corrected chi connectivity index (χ3v) is 6.34. The van der Waals surface area contributed by atoms with Crippen LogP contribution >= 0.6 is 15.9 Å². The van der Waals surface area contributed by atoms with Crippen molar-refractivity contribution in [2.75, 3.05) is 0 Å². The molecule has 0 N–H and O–H groups in total. The van der Waals surface area contributed by atoms with Crippen LogP contribution in [-0.4, -0.2) is 9.78 Å². The second-order valence-electron chi connectivity index (χ2n) is 10.5. The maximum Gasteiger partial charge on any atom is 0.132 e. The molecule has 3 aromatic carbocycles. The Kier molecular flexibility index (Phi) is 6.24. The van der Waals surface area contributed by atoms with Crippen LogP contribution in [0.15, 0.2) is 83.6 Å². The standard InChI is InChI=1S/C29H31BrN2O/c1-28(2,3)24-16-25(29(4,5)6)27(17-26(24)30)33-23-14-10-13-22(15-23)32-19-21(18-31-32)20-11-8-7-9-12-20/h7-19H,1-6H3. The van der Waals surface area contributed by atoms with Crippen LogP contribution in [-0.2, 0) is 10.8 Å². The molecule has 1 heterocycles. The minimum atomic E-state index is -0.0553. The normalized spacial score (nSPS) is 12.1. The molecule has 3 nitrogen and oxygen atoms in total. The molecular formula is C29H31BrN2O. The topological polar surface area (TPSA) is 27.1 Å². The number of halogens is 1. The molecular weight excluding hydrogens is 472 g/mol. The van der Waals surface area contributed by atoms with E-state index >= 15 is 0 Å². The Morgan fingerprint density at radius 1 is 0.758 bits per heavy atom. The minimum absolute atomic E-state index is 0.0355. The Hall–Kier alpha value is -2.85. The first-order valence-electron chi connectivity index (χ1n) is 11.3. The molecule has 4 heteroatoms. The second kappa shape index (κ2) is 8.83. The Morgan fingerprint density at radius 3 is 2.12 bits per heavy atom. The van der Waals surface area contributed by atoms with Gasteiger partial charge in [0.2, 0.25) is 0 Å². The number of ether oxygens (including phenoxy) is 1. The summed E-state index contributed by atoms with van der Waals surface area (Å²) in [6.45, 7) is 13.4. The first kappa shape index (κ1) is 23.3. The molecule has 0 amide bonds. The molecule has 0 spiro atoms. The van der Waals surface area contributed by atoms with E-state index in [1.807, 2.05) is 59.5 Å². The number of hydrogen-bond acceptors (Lipinski definition) is 2. The van der Waals surface area contributed by atoms with Crippen LogP contribution in [0.4, 0.5) is 0 Å². The third kappa shape index (κ3) is 5.22. The van der Waals surface area contributed by atoms with Crippen LogP contribution in [0.1, 0.15) is 52.7 Å². The van der Waals surface area contributed by atoms with Crippen LogP contribution in [0, 0.1) is 0 Å². The molecule has 0 aliphatic heterocycles. The molecule has 1 aromatic heterocycles. The van der Waals surface area contributed by atoms with Crippen LogP contribution in [0.3, 0.4) is 0 Å². The first-order valence-corrected chi connectivity index (χ1v) is 12.0. The maximum absolute atomic E-state index is 6.47. The molecule has 0 radical (unpaired) electrons. The van der Waals surface area contributed by atoms with Crippen molar-refractivity contribution >= 4 is 15.9 Å². The highest BCUT2D eigenvalue weighted by atomic mass is 79.9. The van der Waals surface area contributed by atoms with Gasteiger partial charge in [0.1, 0.15) is 11.5 Å². The van der Waals surface area contributed by atoms with Crippen molar-refractivity contribution in [3.63, 3.8) is 0 Å². The highest BCUT2D eigenvalue weighted by Gasteiger charge is 2.26. The van der Waals surface area contributed by atoms with Crippen LogP contribution in [0.2, 0.25) is 0 Å². The van der Waals surface area contributed by atoms with Crippen molar-refractivity contribution in [3.05, 3.63) is 94.7 Å². The number of aromatic nitrogens is 2. The smallest absolute Gasteiger partial charge is 0.132 e. The fourth-order valence-corrected chi connectivity index (χ4v) is 4.78. The summed E-state index contributed by atoms with van der Waals surface area (Å²) >= 11 is 3.78. The van der Waals surface area contributed by atoms with Gasteiger partial charge in [0.25, 0.3) is 0 Å². The van der Waals surface area contributed by atoms with E-state index in [1.54, 1.807) is 0 Å². The fraction of sp³-hybridized carbons (Fsp3) is 0.276. The van der Waals surface area contributed by atoms with Gasteiger partial charge >= 0.3 is 0 Å². The van der Waals surface area contributed by atoms with Crippen LogP contribution < -0.4 is 4.74 Å². The van der Waals surface area contributed by atoms with Gasteiger partial charge in [-0.05, 0) is 46.2 Å². The van der Waals surface area contributed by atoms with E-state index < -0.39 is 0 Å². The monoisotopic (exact) mass is 502 g/mol. The van der Waals surface area contributed by atoms with Gasteiger partial charge in [-0.1, -0.05) is 93.9 Å². The second-order valence-corrected chi connectivity index (χ2v) is 11.3. The lowest BCUT2D eigenvalue weighted by molar-refractivity contribution is 0.452. The van der Waals surface area contributed by atoms with E-state index in [2.05, 4.69) is 86.8 Å². The lowest BCUT2D eigenvalue weighted by Crippen LogP contribution is -2.18. The molecule has 170 valence electrons. The molecule has 0 unspecified atom stereocenters. The van der Waals surface area contributed by atoms with Crippen molar-refractivity contribution in [2.45, 2.75) is 52.4 Å².